The number of nitrogens with zero attached hydrogens (tertiary/aromatic N) is 2. The average Bonchev–Trinajstić information content (AvgIpc) is 3.02. The summed E-state index contributed by atoms with van der Waals surface area (Å²) in [4.78, 5) is 3.74. The SMILES string of the molecule is Brn1ccnc1.C=CCCC(CCCCCCCCC)OS(=O)(=O)O. The third-order valence-electron chi connectivity index (χ3n) is 3.55. The second-order valence-electron chi connectivity index (χ2n) is 5.83. The van der Waals surface area contributed by atoms with Crippen molar-refractivity contribution in [2.75, 3.05) is 0 Å². The van der Waals surface area contributed by atoms with Gasteiger partial charge >= 0.3 is 10.4 Å². The summed E-state index contributed by atoms with van der Waals surface area (Å²) in [7, 11) is -4.34. The highest BCUT2D eigenvalue weighted by Gasteiger charge is 2.15. The van der Waals surface area contributed by atoms with Crippen LogP contribution >= 0.6 is 16.1 Å². The zero-order chi connectivity index (χ0) is 19.0. The van der Waals surface area contributed by atoms with Crippen LogP contribution in [0.4, 0.5) is 0 Å². The molecule has 1 aromatic rings. The molecule has 0 spiro atoms. The summed E-state index contributed by atoms with van der Waals surface area (Å²) in [5.74, 6) is 0. The van der Waals surface area contributed by atoms with Gasteiger partial charge in [-0.15, -0.1) is 6.58 Å². The van der Waals surface area contributed by atoms with E-state index in [0.717, 1.165) is 12.8 Å². The van der Waals surface area contributed by atoms with Crippen molar-refractivity contribution < 1.29 is 17.2 Å². The fraction of sp³-hybridized carbons (Fsp3) is 0.706. The molecule has 0 aliphatic rings. The lowest BCUT2D eigenvalue weighted by molar-refractivity contribution is 0.161. The first kappa shape index (κ1) is 24.3. The molecule has 1 atom stereocenters. The van der Waals surface area contributed by atoms with Crippen molar-refractivity contribution in [3.63, 3.8) is 0 Å². The fourth-order valence-electron chi connectivity index (χ4n) is 2.29. The van der Waals surface area contributed by atoms with Crippen LogP contribution in [0.1, 0.15) is 71.1 Å². The predicted molar refractivity (Wildman–Crippen MR) is 105 cm³/mol. The molecule has 0 aliphatic heterocycles. The Morgan fingerprint density at radius 1 is 1.24 bits per heavy atom. The van der Waals surface area contributed by atoms with Crippen molar-refractivity contribution in [1.29, 1.82) is 0 Å². The number of aromatic nitrogens is 2. The van der Waals surface area contributed by atoms with E-state index in [4.69, 9.17) is 4.55 Å². The minimum absolute atomic E-state index is 0.427. The molecule has 8 heteroatoms. The lowest BCUT2D eigenvalue weighted by atomic mass is 10.0. The van der Waals surface area contributed by atoms with E-state index >= 15 is 0 Å². The number of hydrogen-bond acceptors (Lipinski definition) is 4. The molecular formula is C17H31BrN2O4S. The Morgan fingerprint density at radius 3 is 2.32 bits per heavy atom. The number of rotatable bonds is 13. The van der Waals surface area contributed by atoms with Crippen molar-refractivity contribution in [2.45, 2.75) is 77.2 Å². The zero-order valence-electron chi connectivity index (χ0n) is 15.0. The van der Waals surface area contributed by atoms with Crippen molar-refractivity contribution in [1.82, 2.24) is 8.58 Å². The lowest BCUT2D eigenvalue weighted by Crippen LogP contribution is -2.17. The highest BCUT2D eigenvalue weighted by molar-refractivity contribution is 9.08. The summed E-state index contributed by atoms with van der Waals surface area (Å²) >= 11 is 3.14. The van der Waals surface area contributed by atoms with Crippen LogP contribution < -0.4 is 0 Å². The minimum atomic E-state index is -4.34. The van der Waals surface area contributed by atoms with E-state index < -0.39 is 16.5 Å². The Bertz CT molecular complexity index is 521. The first-order chi connectivity index (χ1) is 11.9. The second-order valence-corrected chi connectivity index (χ2v) is 7.70. The number of unbranched alkanes of at least 4 members (excludes halogenated alkanes) is 6. The van der Waals surface area contributed by atoms with E-state index in [1.165, 1.54) is 32.1 Å². The maximum atomic E-state index is 10.7. The number of hydrogen-bond donors (Lipinski definition) is 1. The van der Waals surface area contributed by atoms with Crippen LogP contribution in [0.3, 0.4) is 0 Å². The molecular weight excluding hydrogens is 408 g/mol. The monoisotopic (exact) mass is 438 g/mol. The van der Waals surface area contributed by atoms with E-state index in [9.17, 15) is 8.42 Å². The van der Waals surface area contributed by atoms with Crippen LogP contribution in [0.2, 0.25) is 0 Å². The molecule has 0 aromatic carbocycles. The maximum Gasteiger partial charge on any atom is 0.397 e. The summed E-state index contributed by atoms with van der Waals surface area (Å²) in [5, 5.41) is 0. The molecule has 0 bridgehead atoms. The Balaban J connectivity index is 0.000000796. The van der Waals surface area contributed by atoms with Crippen LogP contribution in [0.25, 0.3) is 0 Å². The summed E-state index contributed by atoms with van der Waals surface area (Å²) in [6, 6.07) is 0. The molecule has 146 valence electrons. The number of imidazole rings is 1. The number of halogens is 1. The third kappa shape index (κ3) is 17.9. The molecule has 1 N–H and O–H groups in total. The molecule has 0 saturated heterocycles. The van der Waals surface area contributed by atoms with Gasteiger partial charge in [0, 0.05) is 12.4 Å². The minimum Gasteiger partial charge on any atom is -0.273 e. The van der Waals surface area contributed by atoms with Crippen LogP contribution in [0.5, 0.6) is 0 Å². The van der Waals surface area contributed by atoms with Crippen molar-refractivity contribution >= 4 is 26.5 Å². The van der Waals surface area contributed by atoms with Gasteiger partial charge in [0.2, 0.25) is 0 Å². The predicted octanol–water partition coefficient (Wildman–Crippen LogP) is 5.32. The standard InChI is InChI=1S/C14H28O4S.C3H3BrN2/c1-3-5-7-8-9-10-11-13-14(12-6-4-2)18-19(15,16)17;4-6-2-1-5-3-6/h4,14H,2-3,5-13H2,1H3,(H,15,16,17);1-3H. The number of allylic oxidation sites excluding steroid dienone is 1. The van der Waals surface area contributed by atoms with Gasteiger partial charge in [-0.05, 0) is 19.3 Å². The molecule has 0 saturated carbocycles. The van der Waals surface area contributed by atoms with Crippen LogP contribution in [0, 0.1) is 0 Å². The Hall–Kier alpha value is -0.700. The van der Waals surface area contributed by atoms with Gasteiger partial charge in [-0.2, -0.15) is 8.42 Å². The van der Waals surface area contributed by atoms with Gasteiger partial charge in [0.15, 0.2) is 0 Å². The molecule has 0 amide bonds. The van der Waals surface area contributed by atoms with E-state index in [2.05, 4.69) is 38.8 Å². The maximum absolute atomic E-state index is 10.7. The summed E-state index contributed by atoms with van der Waals surface area (Å²) in [6.07, 6.45) is 16.7. The highest BCUT2D eigenvalue weighted by Crippen LogP contribution is 2.16. The van der Waals surface area contributed by atoms with E-state index in [1.807, 2.05) is 0 Å². The third-order valence-corrected chi connectivity index (χ3v) is 4.49. The molecule has 0 aliphatic carbocycles. The van der Waals surface area contributed by atoms with Crippen molar-refractivity contribution in [3.05, 3.63) is 31.4 Å². The molecule has 1 heterocycles. The van der Waals surface area contributed by atoms with Gasteiger partial charge in [-0.25, -0.2) is 9.17 Å². The molecule has 0 radical (unpaired) electrons. The Kier molecular flexibility index (Phi) is 15.1. The van der Waals surface area contributed by atoms with E-state index in [-0.39, 0.29) is 0 Å². The van der Waals surface area contributed by atoms with E-state index in [1.54, 1.807) is 28.4 Å². The van der Waals surface area contributed by atoms with Crippen molar-refractivity contribution in [3.8, 4) is 0 Å². The van der Waals surface area contributed by atoms with Crippen LogP contribution in [-0.4, -0.2) is 27.7 Å². The normalized spacial score (nSPS) is 12.3. The van der Waals surface area contributed by atoms with Gasteiger partial charge < -0.3 is 0 Å². The van der Waals surface area contributed by atoms with Crippen molar-refractivity contribution in [2.24, 2.45) is 0 Å². The molecule has 1 rings (SSSR count). The highest BCUT2D eigenvalue weighted by atomic mass is 79.9. The van der Waals surface area contributed by atoms with Crippen LogP contribution in [0.15, 0.2) is 31.4 Å². The molecule has 1 unspecified atom stereocenters. The van der Waals surface area contributed by atoms with Gasteiger partial charge in [0.1, 0.15) is 6.33 Å². The topological polar surface area (TPSA) is 81.4 Å². The lowest BCUT2D eigenvalue weighted by Gasteiger charge is -2.14. The second kappa shape index (κ2) is 15.5. The Morgan fingerprint density at radius 2 is 1.88 bits per heavy atom. The summed E-state index contributed by atoms with van der Waals surface area (Å²) in [6.45, 7) is 5.79. The quantitative estimate of drug-likeness (QED) is 0.256. The van der Waals surface area contributed by atoms with E-state index in [0.29, 0.717) is 19.3 Å². The van der Waals surface area contributed by atoms with Gasteiger partial charge in [-0.3, -0.25) is 8.15 Å². The fourth-order valence-corrected chi connectivity index (χ4v) is 3.04. The molecule has 6 nitrogen and oxygen atoms in total. The van der Waals surface area contributed by atoms with Crippen LogP contribution in [-0.2, 0) is 14.6 Å². The summed E-state index contributed by atoms with van der Waals surface area (Å²) < 4.78 is 36.5. The first-order valence-corrected chi connectivity index (χ1v) is 10.9. The van der Waals surface area contributed by atoms with Gasteiger partial charge in [-0.1, -0.05) is 57.9 Å². The average molecular weight is 439 g/mol. The molecule has 25 heavy (non-hydrogen) atoms. The van der Waals surface area contributed by atoms with Gasteiger partial charge in [0.25, 0.3) is 0 Å². The smallest absolute Gasteiger partial charge is 0.273 e. The zero-order valence-corrected chi connectivity index (χ0v) is 17.4. The first-order valence-electron chi connectivity index (χ1n) is 8.79. The Labute approximate surface area is 161 Å². The molecule has 0 fully saturated rings. The molecule has 1 aromatic heterocycles. The largest absolute Gasteiger partial charge is 0.397 e. The summed E-state index contributed by atoms with van der Waals surface area (Å²) in [5.41, 5.74) is 0. The van der Waals surface area contributed by atoms with Gasteiger partial charge in [0.05, 0.1) is 22.3 Å².